The monoisotopic (exact) mass is 261 g/mol. The van der Waals surface area contributed by atoms with Gasteiger partial charge in [0.25, 0.3) is 5.91 Å². The number of carbonyl (C=O) groups excluding carboxylic acids is 1. The van der Waals surface area contributed by atoms with Gasteiger partial charge in [-0.25, -0.2) is 0 Å². The van der Waals surface area contributed by atoms with E-state index in [4.69, 9.17) is 5.73 Å². The summed E-state index contributed by atoms with van der Waals surface area (Å²) in [5.74, 6) is 0.660. The third-order valence-electron chi connectivity index (χ3n) is 3.67. The molecule has 104 valence electrons. The highest BCUT2D eigenvalue weighted by molar-refractivity contribution is 5.96. The molecule has 0 spiro atoms. The molecular formula is C15H23N3O. The third kappa shape index (κ3) is 3.19. The van der Waals surface area contributed by atoms with E-state index < -0.39 is 0 Å². The maximum Gasteiger partial charge on any atom is 0.251 e. The van der Waals surface area contributed by atoms with Gasteiger partial charge in [0.1, 0.15) is 0 Å². The third-order valence-corrected chi connectivity index (χ3v) is 3.67. The summed E-state index contributed by atoms with van der Waals surface area (Å²) in [6.45, 7) is 2.18. The van der Waals surface area contributed by atoms with Gasteiger partial charge in [-0.3, -0.25) is 4.79 Å². The van der Waals surface area contributed by atoms with Crippen LogP contribution in [0.4, 0.5) is 11.4 Å². The molecule has 4 nitrogen and oxygen atoms in total. The number of nitrogens with two attached hydrogens (primary N) is 1. The number of benzene rings is 1. The summed E-state index contributed by atoms with van der Waals surface area (Å²) >= 11 is 0. The predicted molar refractivity (Wildman–Crippen MR) is 79.5 cm³/mol. The molecule has 1 aromatic rings. The van der Waals surface area contributed by atoms with Crippen LogP contribution >= 0.6 is 0 Å². The Labute approximate surface area is 115 Å². The summed E-state index contributed by atoms with van der Waals surface area (Å²) < 4.78 is 0. The minimum atomic E-state index is -0.0133. The molecule has 1 amide bonds. The van der Waals surface area contributed by atoms with Crippen LogP contribution in [0, 0.1) is 5.92 Å². The van der Waals surface area contributed by atoms with Crippen molar-refractivity contribution in [3.8, 4) is 0 Å². The standard InChI is InChI=1S/C15H23N3O/c1-4-5-10-9-13(10)17-15(19)11-6-7-14(18(2)3)12(16)8-11/h6-8,10,13H,4-5,9,16H2,1-3H3,(H,17,19). The average Bonchev–Trinajstić information content (AvgIpc) is 3.07. The van der Waals surface area contributed by atoms with Gasteiger partial charge < -0.3 is 16.0 Å². The Balaban J connectivity index is 1.98. The lowest BCUT2D eigenvalue weighted by Gasteiger charge is -2.16. The van der Waals surface area contributed by atoms with Gasteiger partial charge in [-0.1, -0.05) is 13.3 Å². The molecule has 0 bridgehead atoms. The van der Waals surface area contributed by atoms with Crippen LogP contribution in [-0.4, -0.2) is 26.0 Å². The lowest BCUT2D eigenvalue weighted by molar-refractivity contribution is 0.0949. The van der Waals surface area contributed by atoms with Crippen molar-refractivity contribution >= 4 is 17.3 Å². The van der Waals surface area contributed by atoms with Crippen LogP contribution < -0.4 is 16.0 Å². The Morgan fingerprint density at radius 3 is 2.79 bits per heavy atom. The quantitative estimate of drug-likeness (QED) is 0.799. The van der Waals surface area contributed by atoms with E-state index in [-0.39, 0.29) is 5.91 Å². The smallest absolute Gasteiger partial charge is 0.251 e. The van der Waals surface area contributed by atoms with Crippen LogP contribution in [0.2, 0.25) is 0 Å². The van der Waals surface area contributed by atoms with Gasteiger partial charge in [-0.2, -0.15) is 0 Å². The number of nitrogens with one attached hydrogen (secondary N) is 1. The highest BCUT2D eigenvalue weighted by Crippen LogP contribution is 2.34. The first kappa shape index (κ1) is 13.7. The number of amides is 1. The largest absolute Gasteiger partial charge is 0.397 e. The zero-order valence-corrected chi connectivity index (χ0v) is 11.9. The van der Waals surface area contributed by atoms with Gasteiger partial charge in [-0.05, 0) is 37.0 Å². The van der Waals surface area contributed by atoms with Crippen LogP contribution in [0.3, 0.4) is 0 Å². The molecular weight excluding hydrogens is 238 g/mol. The van der Waals surface area contributed by atoms with E-state index >= 15 is 0 Å². The Kier molecular flexibility index (Phi) is 3.98. The summed E-state index contributed by atoms with van der Waals surface area (Å²) in [6.07, 6.45) is 3.50. The van der Waals surface area contributed by atoms with E-state index in [1.807, 2.05) is 31.1 Å². The van der Waals surface area contributed by atoms with E-state index in [9.17, 15) is 4.79 Å². The first-order valence-corrected chi connectivity index (χ1v) is 6.90. The van der Waals surface area contributed by atoms with Gasteiger partial charge in [-0.15, -0.1) is 0 Å². The van der Waals surface area contributed by atoms with Gasteiger partial charge >= 0.3 is 0 Å². The van der Waals surface area contributed by atoms with Crippen molar-refractivity contribution in [2.24, 2.45) is 5.92 Å². The lowest BCUT2D eigenvalue weighted by atomic mass is 10.1. The van der Waals surface area contributed by atoms with Crippen molar-refractivity contribution in [3.05, 3.63) is 23.8 Å². The molecule has 0 aliphatic heterocycles. The van der Waals surface area contributed by atoms with Crippen molar-refractivity contribution in [1.82, 2.24) is 5.32 Å². The summed E-state index contributed by atoms with van der Waals surface area (Å²) in [6, 6.07) is 5.84. The Hall–Kier alpha value is -1.71. The Morgan fingerprint density at radius 1 is 1.47 bits per heavy atom. The normalized spacial score (nSPS) is 21.0. The van der Waals surface area contributed by atoms with Crippen molar-refractivity contribution in [1.29, 1.82) is 0 Å². The first-order chi connectivity index (χ1) is 9.02. The van der Waals surface area contributed by atoms with Crippen LogP contribution in [-0.2, 0) is 0 Å². The second kappa shape index (κ2) is 5.51. The topological polar surface area (TPSA) is 58.4 Å². The molecule has 2 atom stereocenters. The molecule has 0 aromatic heterocycles. The van der Waals surface area contributed by atoms with E-state index in [0.717, 1.165) is 12.1 Å². The first-order valence-electron chi connectivity index (χ1n) is 6.90. The molecule has 0 radical (unpaired) electrons. The number of hydrogen-bond acceptors (Lipinski definition) is 3. The fraction of sp³-hybridized carbons (Fsp3) is 0.533. The summed E-state index contributed by atoms with van der Waals surface area (Å²) in [7, 11) is 3.87. The number of nitrogen functional groups attached to an aromatic ring is 1. The molecule has 1 saturated carbocycles. The maximum atomic E-state index is 12.1. The van der Waals surface area contributed by atoms with Gasteiger partial charge in [0, 0.05) is 25.7 Å². The van der Waals surface area contributed by atoms with Gasteiger partial charge in [0.15, 0.2) is 0 Å². The molecule has 2 rings (SSSR count). The number of hydrogen-bond donors (Lipinski definition) is 2. The number of nitrogens with zero attached hydrogens (tertiary/aromatic N) is 1. The molecule has 3 N–H and O–H groups in total. The number of carbonyl (C=O) groups is 1. The minimum Gasteiger partial charge on any atom is -0.397 e. The SMILES string of the molecule is CCCC1CC1NC(=O)c1ccc(N(C)C)c(N)c1. The minimum absolute atomic E-state index is 0.0133. The highest BCUT2D eigenvalue weighted by atomic mass is 16.1. The molecule has 2 unspecified atom stereocenters. The van der Waals surface area contributed by atoms with E-state index in [2.05, 4.69) is 12.2 Å². The van der Waals surface area contributed by atoms with Gasteiger partial charge in [0.2, 0.25) is 0 Å². The number of anilines is 2. The molecule has 1 aromatic carbocycles. The molecule has 19 heavy (non-hydrogen) atoms. The van der Waals surface area contributed by atoms with E-state index in [1.54, 1.807) is 6.07 Å². The van der Waals surface area contributed by atoms with Crippen molar-refractivity contribution < 1.29 is 4.79 Å². The number of rotatable bonds is 5. The molecule has 1 aliphatic rings. The zero-order chi connectivity index (χ0) is 14.0. The Morgan fingerprint density at radius 2 is 2.21 bits per heavy atom. The molecule has 0 saturated heterocycles. The second-order valence-electron chi connectivity index (χ2n) is 5.53. The molecule has 4 heteroatoms. The predicted octanol–water partition coefficient (Wildman–Crippen LogP) is 2.25. The second-order valence-corrected chi connectivity index (χ2v) is 5.53. The van der Waals surface area contributed by atoms with Gasteiger partial charge in [0.05, 0.1) is 11.4 Å². The van der Waals surface area contributed by atoms with E-state index in [1.165, 1.54) is 12.8 Å². The van der Waals surface area contributed by atoms with Crippen LogP contribution in [0.15, 0.2) is 18.2 Å². The van der Waals surface area contributed by atoms with Crippen molar-refractivity contribution in [2.75, 3.05) is 24.7 Å². The summed E-state index contributed by atoms with van der Waals surface area (Å²) in [5, 5.41) is 3.07. The van der Waals surface area contributed by atoms with Crippen LogP contribution in [0.5, 0.6) is 0 Å². The molecule has 0 heterocycles. The van der Waals surface area contributed by atoms with E-state index in [0.29, 0.717) is 23.2 Å². The molecule has 1 aliphatic carbocycles. The highest BCUT2D eigenvalue weighted by Gasteiger charge is 2.37. The molecule has 1 fully saturated rings. The fourth-order valence-electron chi connectivity index (χ4n) is 2.47. The van der Waals surface area contributed by atoms with Crippen molar-refractivity contribution in [2.45, 2.75) is 32.2 Å². The summed E-state index contributed by atoms with van der Waals surface area (Å²) in [5.41, 5.74) is 8.18. The van der Waals surface area contributed by atoms with Crippen LogP contribution in [0.1, 0.15) is 36.5 Å². The van der Waals surface area contributed by atoms with Crippen LogP contribution in [0.25, 0.3) is 0 Å². The summed E-state index contributed by atoms with van der Waals surface area (Å²) in [4.78, 5) is 14.0. The lowest BCUT2D eigenvalue weighted by Crippen LogP contribution is -2.27. The Bertz CT molecular complexity index is 470. The zero-order valence-electron chi connectivity index (χ0n) is 11.9. The van der Waals surface area contributed by atoms with Crippen molar-refractivity contribution in [3.63, 3.8) is 0 Å². The maximum absolute atomic E-state index is 12.1. The average molecular weight is 261 g/mol. The fourth-order valence-corrected chi connectivity index (χ4v) is 2.47.